The van der Waals surface area contributed by atoms with Crippen LogP contribution in [-0.2, 0) is 0 Å². The highest BCUT2D eigenvalue weighted by Gasteiger charge is 2.23. The van der Waals surface area contributed by atoms with E-state index in [1.54, 1.807) is 0 Å². The SMILES string of the molecule is Cc1cc(N2CCCC(N(C)C)C2)n2nccc2n1. The fourth-order valence-electron chi connectivity index (χ4n) is 2.83. The molecule has 2 aromatic rings. The smallest absolute Gasteiger partial charge is 0.157 e. The third-order valence-electron chi connectivity index (χ3n) is 3.92. The summed E-state index contributed by atoms with van der Waals surface area (Å²) in [7, 11) is 4.32. The highest BCUT2D eigenvalue weighted by molar-refractivity contribution is 5.51. The second kappa shape index (κ2) is 4.81. The maximum Gasteiger partial charge on any atom is 0.157 e. The van der Waals surface area contributed by atoms with Gasteiger partial charge in [-0.05, 0) is 33.9 Å². The van der Waals surface area contributed by atoms with Crippen LogP contribution < -0.4 is 4.90 Å². The van der Waals surface area contributed by atoms with Crippen molar-refractivity contribution in [1.29, 1.82) is 0 Å². The van der Waals surface area contributed by atoms with Gasteiger partial charge >= 0.3 is 0 Å². The molecule has 0 amide bonds. The molecule has 3 heterocycles. The Bertz CT molecular complexity index is 574. The van der Waals surface area contributed by atoms with E-state index in [4.69, 9.17) is 0 Å². The van der Waals surface area contributed by atoms with Crippen molar-refractivity contribution in [3.63, 3.8) is 0 Å². The van der Waals surface area contributed by atoms with Crippen molar-refractivity contribution < 1.29 is 0 Å². The van der Waals surface area contributed by atoms with Gasteiger partial charge in [0.05, 0.1) is 6.20 Å². The van der Waals surface area contributed by atoms with Crippen LogP contribution in [0.25, 0.3) is 5.65 Å². The first-order valence-electron chi connectivity index (χ1n) is 6.88. The lowest BCUT2D eigenvalue weighted by Gasteiger charge is -2.37. The van der Waals surface area contributed by atoms with Crippen molar-refractivity contribution in [2.24, 2.45) is 0 Å². The van der Waals surface area contributed by atoms with E-state index in [0.29, 0.717) is 6.04 Å². The lowest BCUT2D eigenvalue weighted by Crippen LogP contribution is -2.45. The number of hydrogen-bond acceptors (Lipinski definition) is 4. The van der Waals surface area contributed by atoms with Crippen molar-refractivity contribution in [3.8, 4) is 0 Å². The number of hydrogen-bond donors (Lipinski definition) is 0. The van der Waals surface area contributed by atoms with Crippen LogP contribution >= 0.6 is 0 Å². The summed E-state index contributed by atoms with van der Waals surface area (Å²) in [6.45, 7) is 4.21. The predicted octanol–water partition coefficient (Wildman–Crippen LogP) is 1.57. The van der Waals surface area contributed by atoms with Crippen LogP contribution in [0, 0.1) is 6.92 Å². The predicted molar refractivity (Wildman–Crippen MR) is 76.6 cm³/mol. The van der Waals surface area contributed by atoms with Gasteiger partial charge in [-0.15, -0.1) is 0 Å². The number of aromatic nitrogens is 3. The molecule has 0 spiro atoms. The lowest BCUT2D eigenvalue weighted by molar-refractivity contribution is 0.257. The normalized spacial score (nSPS) is 20.4. The molecule has 1 aliphatic rings. The van der Waals surface area contributed by atoms with Gasteiger partial charge in [-0.1, -0.05) is 0 Å². The van der Waals surface area contributed by atoms with Crippen molar-refractivity contribution >= 4 is 11.5 Å². The van der Waals surface area contributed by atoms with E-state index < -0.39 is 0 Å². The molecule has 1 fully saturated rings. The molecule has 1 unspecified atom stereocenters. The second-order valence-corrected chi connectivity index (χ2v) is 5.56. The summed E-state index contributed by atoms with van der Waals surface area (Å²) >= 11 is 0. The molecule has 3 rings (SSSR count). The van der Waals surface area contributed by atoms with Gasteiger partial charge in [-0.25, -0.2) is 4.98 Å². The average molecular weight is 259 g/mol. The fraction of sp³-hybridized carbons (Fsp3) is 0.571. The summed E-state index contributed by atoms with van der Waals surface area (Å²) < 4.78 is 1.95. The van der Waals surface area contributed by atoms with Gasteiger partial charge in [0.1, 0.15) is 5.82 Å². The van der Waals surface area contributed by atoms with Crippen LogP contribution in [0.1, 0.15) is 18.5 Å². The molecule has 1 atom stereocenters. The van der Waals surface area contributed by atoms with Gasteiger partial charge in [-0.2, -0.15) is 9.61 Å². The van der Waals surface area contributed by atoms with Gasteiger partial charge in [-0.3, -0.25) is 0 Å². The molecule has 102 valence electrons. The molecular weight excluding hydrogens is 238 g/mol. The minimum atomic E-state index is 0.618. The summed E-state index contributed by atoms with van der Waals surface area (Å²) in [5, 5.41) is 4.40. The monoisotopic (exact) mass is 259 g/mol. The van der Waals surface area contributed by atoms with E-state index in [1.807, 2.05) is 23.7 Å². The van der Waals surface area contributed by atoms with E-state index in [-0.39, 0.29) is 0 Å². The zero-order valence-electron chi connectivity index (χ0n) is 11.9. The summed E-state index contributed by atoms with van der Waals surface area (Å²) in [4.78, 5) is 9.26. The van der Waals surface area contributed by atoms with Gasteiger partial charge in [0.2, 0.25) is 0 Å². The number of rotatable bonds is 2. The largest absolute Gasteiger partial charge is 0.355 e. The van der Waals surface area contributed by atoms with E-state index in [9.17, 15) is 0 Å². The fourth-order valence-corrected chi connectivity index (χ4v) is 2.83. The highest BCUT2D eigenvalue weighted by Crippen LogP contribution is 2.22. The van der Waals surface area contributed by atoms with E-state index in [2.05, 4.69) is 40.0 Å². The van der Waals surface area contributed by atoms with Crippen LogP contribution in [0.3, 0.4) is 0 Å². The first kappa shape index (κ1) is 12.4. The summed E-state index contributed by atoms with van der Waals surface area (Å²) in [6.07, 6.45) is 4.32. The third-order valence-corrected chi connectivity index (χ3v) is 3.92. The first-order chi connectivity index (χ1) is 9.15. The molecule has 0 N–H and O–H groups in total. The number of nitrogens with zero attached hydrogens (tertiary/aromatic N) is 5. The molecule has 5 nitrogen and oxygen atoms in total. The van der Waals surface area contributed by atoms with E-state index in [1.165, 1.54) is 18.7 Å². The van der Waals surface area contributed by atoms with Crippen LogP contribution in [0.5, 0.6) is 0 Å². The minimum Gasteiger partial charge on any atom is -0.355 e. The molecule has 19 heavy (non-hydrogen) atoms. The molecule has 0 saturated carbocycles. The Kier molecular flexibility index (Phi) is 3.14. The Morgan fingerprint density at radius 3 is 3.00 bits per heavy atom. The maximum atomic E-state index is 4.51. The first-order valence-corrected chi connectivity index (χ1v) is 6.88. The molecule has 2 aromatic heterocycles. The molecule has 0 aromatic carbocycles. The Morgan fingerprint density at radius 2 is 2.21 bits per heavy atom. The number of piperidine rings is 1. The Morgan fingerprint density at radius 1 is 1.37 bits per heavy atom. The average Bonchev–Trinajstić information content (AvgIpc) is 2.85. The standard InChI is InChI=1S/C14H21N5/c1-11-9-14(19-13(16-11)6-7-15-19)18-8-4-5-12(10-18)17(2)3/h6-7,9,12H,4-5,8,10H2,1-3H3. The van der Waals surface area contributed by atoms with Gasteiger partial charge < -0.3 is 9.80 Å². The summed E-state index contributed by atoms with van der Waals surface area (Å²) in [5.41, 5.74) is 1.98. The maximum absolute atomic E-state index is 4.51. The van der Waals surface area contributed by atoms with Gasteiger partial charge in [0.15, 0.2) is 5.65 Å². The van der Waals surface area contributed by atoms with Crippen molar-refractivity contribution in [2.45, 2.75) is 25.8 Å². The Hall–Kier alpha value is -1.62. The highest BCUT2D eigenvalue weighted by atomic mass is 15.4. The molecule has 1 saturated heterocycles. The van der Waals surface area contributed by atoms with E-state index in [0.717, 1.165) is 24.4 Å². The molecule has 0 aliphatic carbocycles. The Balaban J connectivity index is 1.97. The molecule has 0 radical (unpaired) electrons. The van der Waals surface area contributed by atoms with Crippen molar-refractivity contribution in [2.75, 3.05) is 32.1 Å². The molecule has 5 heteroatoms. The molecule has 1 aliphatic heterocycles. The lowest BCUT2D eigenvalue weighted by atomic mass is 10.0. The van der Waals surface area contributed by atoms with Gasteiger partial charge in [0.25, 0.3) is 0 Å². The van der Waals surface area contributed by atoms with E-state index >= 15 is 0 Å². The Labute approximate surface area is 113 Å². The topological polar surface area (TPSA) is 36.7 Å². The second-order valence-electron chi connectivity index (χ2n) is 5.56. The summed E-state index contributed by atoms with van der Waals surface area (Å²) in [5.74, 6) is 1.17. The summed E-state index contributed by atoms with van der Waals surface area (Å²) in [6, 6.07) is 4.72. The number of fused-ring (bicyclic) bond motifs is 1. The van der Waals surface area contributed by atoms with Crippen molar-refractivity contribution in [1.82, 2.24) is 19.5 Å². The zero-order valence-corrected chi connectivity index (χ0v) is 11.9. The molecule has 0 bridgehead atoms. The third kappa shape index (κ3) is 2.30. The zero-order chi connectivity index (χ0) is 13.4. The van der Waals surface area contributed by atoms with Gasteiger partial charge in [0, 0.05) is 37.0 Å². The number of likely N-dealkylation sites (N-methyl/N-ethyl adjacent to an activating group) is 1. The van der Waals surface area contributed by atoms with Crippen LogP contribution in [-0.4, -0.2) is 52.7 Å². The van der Waals surface area contributed by atoms with Crippen LogP contribution in [0.4, 0.5) is 5.82 Å². The van der Waals surface area contributed by atoms with Crippen LogP contribution in [0.15, 0.2) is 18.3 Å². The number of aryl methyl sites for hydroxylation is 1. The minimum absolute atomic E-state index is 0.618. The molecular formula is C14H21N5. The quantitative estimate of drug-likeness (QED) is 0.820. The van der Waals surface area contributed by atoms with Crippen LogP contribution in [0.2, 0.25) is 0 Å². The number of anilines is 1. The van der Waals surface area contributed by atoms with Crippen molar-refractivity contribution in [3.05, 3.63) is 24.0 Å².